The third-order valence-corrected chi connectivity index (χ3v) is 4.85. The minimum absolute atomic E-state index is 0.0162. The third-order valence-electron chi connectivity index (χ3n) is 4.13. The molecule has 24 heavy (non-hydrogen) atoms. The molecule has 3 rings (SSSR count). The minimum Gasteiger partial charge on any atom is -0.338 e. The van der Waals surface area contributed by atoms with Crippen molar-refractivity contribution in [2.24, 2.45) is 0 Å². The first-order chi connectivity index (χ1) is 11.6. The predicted octanol–water partition coefficient (Wildman–Crippen LogP) is 4.99. The van der Waals surface area contributed by atoms with E-state index in [4.69, 9.17) is 4.98 Å². The second kappa shape index (κ2) is 7.30. The molecule has 0 aliphatic carbocycles. The molecule has 3 nitrogen and oxygen atoms in total. The Bertz CT molecular complexity index is 870. The van der Waals surface area contributed by atoms with Gasteiger partial charge in [0.1, 0.15) is 5.69 Å². The lowest BCUT2D eigenvalue weighted by Crippen LogP contribution is -2.31. The summed E-state index contributed by atoms with van der Waals surface area (Å²) in [4.78, 5) is 19.3. The van der Waals surface area contributed by atoms with Crippen molar-refractivity contribution in [1.29, 1.82) is 0 Å². The highest BCUT2D eigenvalue weighted by atomic mass is 127. The number of benzene rings is 2. The summed E-state index contributed by atoms with van der Waals surface area (Å²) >= 11 is 2.29. The number of amides is 1. The topological polar surface area (TPSA) is 33.2 Å². The number of nitrogens with zero attached hydrogens (tertiary/aromatic N) is 2. The van der Waals surface area contributed by atoms with Crippen LogP contribution in [0.1, 0.15) is 24.3 Å². The molecule has 0 aliphatic rings. The van der Waals surface area contributed by atoms with Crippen molar-refractivity contribution in [3.63, 3.8) is 0 Å². The number of pyridine rings is 1. The average molecular weight is 430 g/mol. The molecule has 0 saturated carbocycles. The van der Waals surface area contributed by atoms with E-state index in [0.29, 0.717) is 18.8 Å². The van der Waals surface area contributed by atoms with Crippen molar-refractivity contribution in [3.05, 3.63) is 63.9 Å². The zero-order chi connectivity index (χ0) is 17.1. The van der Waals surface area contributed by atoms with Gasteiger partial charge in [0.2, 0.25) is 0 Å². The molecule has 0 unspecified atom stereocenters. The number of hydrogen-bond acceptors (Lipinski definition) is 2. The van der Waals surface area contributed by atoms with Gasteiger partial charge >= 0.3 is 0 Å². The molecule has 0 radical (unpaired) electrons. The fourth-order valence-corrected chi connectivity index (χ4v) is 3.17. The predicted molar refractivity (Wildman–Crippen MR) is 107 cm³/mol. The zero-order valence-electron chi connectivity index (χ0n) is 13.8. The molecule has 4 heteroatoms. The maximum absolute atomic E-state index is 12.8. The quantitative estimate of drug-likeness (QED) is 0.547. The van der Waals surface area contributed by atoms with Gasteiger partial charge in [0.25, 0.3) is 5.91 Å². The molecule has 0 spiro atoms. The summed E-state index contributed by atoms with van der Waals surface area (Å²) < 4.78 is 1.18. The molecule has 3 aromatic rings. The molecule has 0 N–H and O–H groups in total. The lowest BCUT2D eigenvalue weighted by molar-refractivity contribution is 0.0767. The van der Waals surface area contributed by atoms with Crippen LogP contribution in [0.4, 0.5) is 0 Å². The number of fused-ring (bicyclic) bond motifs is 1. The van der Waals surface area contributed by atoms with E-state index in [9.17, 15) is 4.79 Å². The normalized spacial score (nSPS) is 10.8. The summed E-state index contributed by atoms with van der Waals surface area (Å²) in [6, 6.07) is 18.2. The lowest BCUT2D eigenvalue weighted by atomic mass is 10.0. The Balaban J connectivity index is 2.20. The fraction of sp³-hybridized carbons (Fsp3) is 0.200. The molecule has 1 heterocycles. The number of carbonyl (C=O) groups excluding carboxylic acids is 1. The summed E-state index contributed by atoms with van der Waals surface area (Å²) in [7, 11) is 0. The Morgan fingerprint density at radius 1 is 1.04 bits per heavy atom. The van der Waals surface area contributed by atoms with Crippen molar-refractivity contribution in [2.45, 2.75) is 13.8 Å². The second-order valence-electron chi connectivity index (χ2n) is 5.56. The van der Waals surface area contributed by atoms with E-state index in [-0.39, 0.29) is 5.91 Å². The van der Waals surface area contributed by atoms with E-state index in [1.54, 1.807) is 4.90 Å². The van der Waals surface area contributed by atoms with E-state index in [1.807, 2.05) is 38.1 Å². The molecule has 0 saturated heterocycles. The zero-order valence-corrected chi connectivity index (χ0v) is 15.9. The van der Waals surface area contributed by atoms with Gasteiger partial charge in [-0.05, 0) is 60.0 Å². The third kappa shape index (κ3) is 3.29. The Hall–Kier alpha value is -1.95. The molecule has 0 bridgehead atoms. The highest BCUT2D eigenvalue weighted by Crippen LogP contribution is 2.28. The van der Waals surface area contributed by atoms with Crippen LogP contribution in [0.15, 0.2) is 54.6 Å². The van der Waals surface area contributed by atoms with E-state index in [0.717, 1.165) is 22.0 Å². The van der Waals surface area contributed by atoms with Gasteiger partial charge in [-0.2, -0.15) is 0 Å². The molecule has 2 aromatic carbocycles. The van der Waals surface area contributed by atoms with Crippen LogP contribution in [0.3, 0.4) is 0 Å². The molecule has 0 aliphatic heterocycles. The minimum atomic E-state index is -0.0162. The Labute approximate surface area is 155 Å². The van der Waals surface area contributed by atoms with E-state index < -0.39 is 0 Å². The maximum Gasteiger partial charge on any atom is 0.272 e. The van der Waals surface area contributed by atoms with E-state index in [1.165, 1.54) is 3.57 Å². The highest BCUT2D eigenvalue weighted by Gasteiger charge is 2.17. The molecule has 0 atom stereocenters. The van der Waals surface area contributed by atoms with Crippen molar-refractivity contribution >= 4 is 39.3 Å². The molecular weight excluding hydrogens is 411 g/mol. The highest BCUT2D eigenvalue weighted by molar-refractivity contribution is 14.1. The van der Waals surface area contributed by atoms with Crippen LogP contribution in [-0.4, -0.2) is 28.9 Å². The number of aromatic nitrogens is 1. The second-order valence-corrected chi connectivity index (χ2v) is 6.81. The Kier molecular flexibility index (Phi) is 5.14. The maximum atomic E-state index is 12.8. The van der Waals surface area contributed by atoms with Crippen LogP contribution in [0.25, 0.3) is 22.0 Å². The van der Waals surface area contributed by atoms with Crippen LogP contribution in [-0.2, 0) is 0 Å². The van der Waals surface area contributed by atoms with Crippen molar-refractivity contribution < 1.29 is 4.79 Å². The molecule has 122 valence electrons. The number of halogens is 1. The average Bonchev–Trinajstić information content (AvgIpc) is 2.62. The van der Waals surface area contributed by atoms with Gasteiger partial charge in [0.15, 0.2) is 0 Å². The summed E-state index contributed by atoms with van der Waals surface area (Å²) in [6.45, 7) is 5.34. The first-order valence-corrected chi connectivity index (χ1v) is 9.17. The van der Waals surface area contributed by atoms with Gasteiger partial charge < -0.3 is 4.90 Å². The first-order valence-electron chi connectivity index (χ1n) is 8.09. The van der Waals surface area contributed by atoms with Crippen LogP contribution < -0.4 is 0 Å². The fourth-order valence-electron chi connectivity index (χ4n) is 2.81. The Morgan fingerprint density at radius 2 is 1.71 bits per heavy atom. The van der Waals surface area contributed by atoms with Gasteiger partial charge in [-0.25, -0.2) is 4.98 Å². The first kappa shape index (κ1) is 16.9. The molecule has 1 amide bonds. The van der Waals surface area contributed by atoms with Gasteiger partial charge in [0, 0.05) is 27.6 Å². The smallest absolute Gasteiger partial charge is 0.272 e. The van der Waals surface area contributed by atoms with Crippen LogP contribution in [0.2, 0.25) is 0 Å². The summed E-state index contributed by atoms with van der Waals surface area (Å²) in [5.74, 6) is -0.0162. The number of carbonyl (C=O) groups is 1. The van der Waals surface area contributed by atoms with Crippen LogP contribution in [0.5, 0.6) is 0 Å². The summed E-state index contributed by atoms with van der Waals surface area (Å²) in [5, 5.41) is 2.10. The lowest BCUT2D eigenvalue weighted by Gasteiger charge is -2.19. The summed E-state index contributed by atoms with van der Waals surface area (Å²) in [5.41, 5.74) is 2.40. The van der Waals surface area contributed by atoms with Crippen LogP contribution in [0, 0.1) is 3.57 Å². The number of hydrogen-bond donors (Lipinski definition) is 0. The van der Waals surface area contributed by atoms with Gasteiger partial charge in [-0.3, -0.25) is 4.79 Å². The van der Waals surface area contributed by atoms with Gasteiger partial charge in [-0.15, -0.1) is 0 Å². The van der Waals surface area contributed by atoms with E-state index >= 15 is 0 Å². The SMILES string of the molecule is CCN(CC)C(=O)c1cc2ccccc2c(-c2ccc(I)cc2)n1. The monoisotopic (exact) mass is 430 g/mol. The van der Waals surface area contributed by atoms with Crippen LogP contribution >= 0.6 is 22.6 Å². The largest absolute Gasteiger partial charge is 0.338 e. The van der Waals surface area contributed by atoms with Gasteiger partial charge in [-0.1, -0.05) is 36.4 Å². The number of rotatable bonds is 4. The molecule has 1 aromatic heterocycles. The molecular formula is C20H19IN2O. The van der Waals surface area contributed by atoms with Crippen molar-refractivity contribution in [2.75, 3.05) is 13.1 Å². The van der Waals surface area contributed by atoms with Gasteiger partial charge in [0.05, 0.1) is 5.69 Å². The Morgan fingerprint density at radius 3 is 2.38 bits per heavy atom. The standard InChI is InChI=1S/C20H19IN2O/c1-3-23(4-2)20(24)18-13-15-7-5-6-8-17(15)19(22-18)14-9-11-16(21)12-10-14/h5-13H,3-4H2,1-2H3. The molecule has 0 fully saturated rings. The van der Waals surface area contributed by atoms with Crippen molar-refractivity contribution in [3.8, 4) is 11.3 Å². The van der Waals surface area contributed by atoms with E-state index in [2.05, 4.69) is 52.9 Å². The van der Waals surface area contributed by atoms with Crippen molar-refractivity contribution in [1.82, 2.24) is 9.88 Å². The summed E-state index contributed by atoms with van der Waals surface area (Å²) in [6.07, 6.45) is 0.